The van der Waals surface area contributed by atoms with Gasteiger partial charge in [0.15, 0.2) is 0 Å². The molecule has 1 saturated heterocycles. The van der Waals surface area contributed by atoms with Crippen molar-refractivity contribution in [2.24, 2.45) is 5.92 Å². The van der Waals surface area contributed by atoms with E-state index in [4.69, 9.17) is 0 Å². The summed E-state index contributed by atoms with van der Waals surface area (Å²) in [6, 6.07) is 0. The van der Waals surface area contributed by atoms with Crippen LogP contribution in [0.5, 0.6) is 0 Å². The fraction of sp³-hybridized carbons (Fsp3) is 0.933. The Morgan fingerprint density at radius 3 is 2.53 bits per heavy atom. The molecule has 1 aliphatic heterocycles. The first-order valence-corrected chi connectivity index (χ1v) is 7.62. The van der Waals surface area contributed by atoms with Crippen molar-refractivity contribution in [3.05, 3.63) is 0 Å². The lowest BCUT2D eigenvalue weighted by Crippen LogP contribution is -2.53. The van der Waals surface area contributed by atoms with Gasteiger partial charge >= 0.3 is 5.97 Å². The first-order chi connectivity index (χ1) is 9.03. The number of hydrogen-bond acceptors (Lipinski definition) is 3. The first-order valence-electron chi connectivity index (χ1n) is 7.62. The summed E-state index contributed by atoms with van der Waals surface area (Å²) < 4.78 is 0. The molecule has 1 unspecified atom stereocenters. The summed E-state index contributed by atoms with van der Waals surface area (Å²) in [5, 5.41) is 18.8. The minimum absolute atomic E-state index is 0.268. The zero-order valence-electron chi connectivity index (χ0n) is 12.4. The van der Waals surface area contributed by atoms with Crippen LogP contribution in [0.15, 0.2) is 0 Å². The quantitative estimate of drug-likeness (QED) is 0.633. The maximum atomic E-state index is 11.4. The molecule has 0 aromatic heterocycles. The zero-order chi connectivity index (χ0) is 14.3. The van der Waals surface area contributed by atoms with Crippen molar-refractivity contribution < 1.29 is 15.0 Å². The third kappa shape index (κ3) is 4.46. The van der Waals surface area contributed by atoms with E-state index < -0.39 is 11.5 Å². The average molecular weight is 271 g/mol. The van der Waals surface area contributed by atoms with Crippen LogP contribution >= 0.6 is 0 Å². The number of likely N-dealkylation sites (tertiary alicyclic amines) is 1. The van der Waals surface area contributed by atoms with Crippen LogP contribution in [-0.4, -0.2) is 46.3 Å². The van der Waals surface area contributed by atoms with Crippen LogP contribution in [0.1, 0.15) is 58.8 Å². The second kappa shape index (κ2) is 7.85. The minimum atomic E-state index is -1.00. The SMILES string of the molecule is CC(C)CCCCCCN1CCCC1(CO)C(=O)O. The van der Waals surface area contributed by atoms with Gasteiger partial charge < -0.3 is 10.2 Å². The second-order valence-electron chi connectivity index (χ2n) is 6.18. The highest BCUT2D eigenvalue weighted by Gasteiger charge is 2.46. The minimum Gasteiger partial charge on any atom is -0.480 e. The van der Waals surface area contributed by atoms with Gasteiger partial charge in [-0.3, -0.25) is 9.69 Å². The highest BCUT2D eigenvalue weighted by Crippen LogP contribution is 2.29. The van der Waals surface area contributed by atoms with Crippen molar-refractivity contribution in [1.82, 2.24) is 4.90 Å². The molecule has 0 aromatic carbocycles. The predicted molar refractivity (Wildman–Crippen MR) is 76.2 cm³/mol. The fourth-order valence-electron chi connectivity index (χ4n) is 2.96. The normalized spacial score (nSPS) is 24.2. The van der Waals surface area contributed by atoms with Gasteiger partial charge in [0.05, 0.1) is 6.61 Å². The highest BCUT2D eigenvalue weighted by atomic mass is 16.4. The zero-order valence-corrected chi connectivity index (χ0v) is 12.4. The van der Waals surface area contributed by atoms with Crippen molar-refractivity contribution in [3.8, 4) is 0 Å². The maximum absolute atomic E-state index is 11.4. The number of carbonyl (C=O) groups is 1. The van der Waals surface area contributed by atoms with Crippen molar-refractivity contribution in [3.63, 3.8) is 0 Å². The van der Waals surface area contributed by atoms with E-state index >= 15 is 0 Å². The van der Waals surface area contributed by atoms with Crippen molar-refractivity contribution in [2.45, 2.75) is 64.3 Å². The van der Waals surface area contributed by atoms with Gasteiger partial charge in [-0.2, -0.15) is 0 Å². The molecule has 1 atom stereocenters. The van der Waals surface area contributed by atoms with Gasteiger partial charge in [0.1, 0.15) is 5.54 Å². The molecular weight excluding hydrogens is 242 g/mol. The van der Waals surface area contributed by atoms with Crippen LogP contribution in [0.2, 0.25) is 0 Å². The smallest absolute Gasteiger partial charge is 0.326 e. The molecular formula is C15H29NO3. The average Bonchev–Trinajstić information content (AvgIpc) is 2.77. The number of carboxylic acids is 1. The number of carboxylic acid groups (broad SMARTS) is 1. The molecule has 0 amide bonds. The Hall–Kier alpha value is -0.610. The van der Waals surface area contributed by atoms with Gasteiger partial charge in [-0.1, -0.05) is 39.5 Å². The van der Waals surface area contributed by atoms with E-state index in [9.17, 15) is 15.0 Å². The van der Waals surface area contributed by atoms with Gasteiger partial charge in [0.25, 0.3) is 0 Å². The largest absolute Gasteiger partial charge is 0.480 e. The number of aliphatic carboxylic acids is 1. The van der Waals surface area contributed by atoms with Crippen LogP contribution in [-0.2, 0) is 4.79 Å². The summed E-state index contributed by atoms with van der Waals surface area (Å²) in [4.78, 5) is 13.3. The number of nitrogens with zero attached hydrogens (tertiary/aromatic N) is 1. The molecule has 1 heterocycles. The van der Waals surface area contributed by atoms with Gasteiger partial charge in [0, 0.05) is 0 Å². The van der Waals surface area contributed by atoms with E-state index in [0.29, 0.717) is 6.42 Å². The van der Waals surface area contributed by atoms with Crippen molar-refractivity contribution >= 4 is 5.97 Å². The van der Waals surface area contributed by atoms with Gasteiger partial charge in [-0.15, -0.1) is 0 Å². The van der Waals surface area contributed by atoms with Gasteiger partial charge in [-0.05, 0) is 38.3 Å². The Bertz CT molecular complexity index is 281. The van der Waals surface area contributed by atoms with Crippen molar-refractivity contribution in [2.75, 3.05) is 19.7 Å². The molecule has 1 aliphatic rings. The standard InChI is InChI=1S/C15H29NO3/c1-13(2)8-5-3-4-6-10-16-11-7-9-15(16,12-17)14(18)19/h13,17H,3-12H2,1-2H3,(H,18,19). The Kier molecular flexibility index (Phi) is 6.80. The number of aliphatic hydroxyl groups excluding tert-OH is 1. The third-order valence-corrected chi connectivity index (χ3v) is 4.24. The van der Waals surface area contributed by atoms with E-state index in [2.05, 4.69) is 13.8 Å². The lowest BCUT2D eigenvalue weighted by atomic mass is 9.97. The summed E-state index contributed by atoms with van der Waals surface area (Å²) in [7, 11) is 0. The van der Waals surface area contributed by atoms with E-state index in [-0.39, 0.29) is 6.61 Å². The molecule has 0 radical (unpaired) electrons. The second-order valence-corrected chi connectivity index (χ2v) is 6.18. The Labute approximate surface area is 116 Å². The van der Waals surface area contributed by atoms with E-state index in [1.807, 2.05) is 4.90 Å². The Balaban J connectivity index is 2.26. The van der Waals surface area contributed by atoms with Crippen LogP contribution in [0.3, 0.4) is 0 Å². The predicted octanol–water partition coefficient (Wildman–Crippen LogP) is 2.50. The molecule has 1 rings (SSSR count). The lowest BCUT2D eigenvalue weighted by molar-refractivity contribution is -0.152. The Morgan fingerprint density at radius 2 is 1.95 bits per heavy atom. The van der Waals surface area contributed by atoms with Crippen LogP contribution in [0, 0.1) is 5.92 Å². The van der Waals surface area contributed by atoms with Crippen LogP contribution in [0.25, 0.3) is 0 Å². The highest BCUT2D eigenvalue weighted by molar-refractivity contribution is 5.79. The Morgan fingerprint density at radius 1 is 1.26 bits per heavy atom. The summed E-state index contributed by atoms with van der Waals surface area (Å²) in [5.74, 6) is -0.0973. The third-order valence-electron chi connectivity index (χ3n) is 4.24. The molecule has 0 spiro atoms. The van der Waals surface area contributed by atoms with Crippen molar-refractivity contribution in [1.29, 1.82) is 0 Å². The molecule has 0 saturated carbocycles. The molecule has 1 fully saturated rings. The molecule has 0 aromatic rings. The molecule has 0 aliphatic carbocycles. The molecule has 19 heavy (non-hydrogen) atoms. The molecule has 4 heteroatoms. The fourth-order valence-corrected chi connectivity index (χ4v) is 2.96. The number of hydrogen-bond donors (Lipinski definition) is 2. The summed E-state index contributed by atoms with van der Waals surface area (Å²) in [6.07, 6.45) is 7.41. The van der Waals surface area contributed by atoms with Crippen LogP contribution < -0.4 is 0 Å². The van der Waals surface area contributed by atoms with E-state index in [1.165, 1.54) is 19.3 Å². The summed E-state index contributed by atoms with van der Waals surface area (Å²) >= 11 is 0. The summed E-state index contributed by atoms with van der Waals surface area (Å²) in [6.45, 7) is 5.82. The van der Waals surface area contributed by atoms with Crippen LogP contribution in [0.4, 0.5) is 0 Å². The molecule has 2 N–H and O–H groups in total. The van der Waals surface area contributed by atoms with E-state index in [0.717, 1.165) is 38.3 Å². The molecule has 112 valence electrons. The monoisotopic (exact) mass is 271 g/mol. The molecule has 4 nitrogen and oxygen atoms in total. The lowest BCUT2D eigenvalue weighted by Gasteiger charge is -2.32. The van der Waals surface area contributed by atoms with Gasteiger partial charge in [0.2, 0.25) is 0 Å². The van der Waals surface area contributed by atoms with E-state index in [1.54, 1.807) is 0 Å². The van der Waals surface area contributed by atoms with Gasteiger partial charge in [-0.25, -0.2) is 0 Å². The topological polar surface area (TPSA) is 60.8 Å². The number of unbranched alkanes of at least 4 members (excludes halogenated alkanes) is 3. The number of aliphatic hydroxyl groups is 1. The summed E-state index contributed by atoms with van der Waals surface area (Å²) in [5.41, 5.74) is -1.00. The maximum Gasteiger partial charge on any atom is 0.326 e. The number of rotatable bonds is 9. The molecule has 0 bridgehead atoms. The first kappa shape index (κ1) is 16.4.